The van der Waals surface area contributed by atoms with Gasteiger partial charge in [-0.3, -0.25) is 14.5 Å². The van der Waals surface area contributed by atoms with Crippen molar-refractivity contribution in [3.63, 3.8) is 0 Å². The smallest absolute Gasteiger partial charge is 0.477 e. The topological polar surface area (TPSA) is 134 Å². The fourth-order valence-electron chi connectivity index (χ4n) is 4.42. The molecule has 0 atom stereocenters. The van der Waals surface area contributed by atoms with Crippen molar-refractivity contribution in [2.45, 2.75) is 64.1 Å². The molecule has 1 saturated carbocycles. The van der Waals surface area contributed by atoms with Crippen LogP contribution in [0.2, 0.25) is 0 Å². The number of carbonyl (C=O) groups is 3. The van der Waals surface area contributed by atoms with Crippen molar-refractivity contribution in [1.29, 1.82) is 0 Å². The van der Waals surface area contributed by atoms with Crippen LogP contribution in [-0.2, 0) is 29.0 Å². The molecule has 0 aliphatic heterocycles. The Morgan fingerprint density at radius 3 is 2.43 bits per heavy atom. The maximum atomic E-state index is 12.2. The Morgan fingerprint density at radius 2 is 1.80 bits per heavy atom. The second-order valence-electron chi connectivity index (χ2n) is 8.52. The highest BCUT2D eigenvalue weighted by atomic mass is 19.4. The van der Waals surface area contributed by atoms with Crippen molar-refractivity contribution in [3.05, 3.63) is 35.3 Å². The molecule has 0 aromatic carbocycles. The lowest BCUT2D eigenvalue weighted by Gasteiger charge is -2.20. The van der Waals surface area contributed by atoms with Gasteiger partial charge in [0.25, 0.3) is 0 Å². The van der Waals surface area contributed by atoms with E-state index >= 15 is 0 Å². The van der Waals surface area contributed by atoms with Crippen LogP contribution >= 0.6 is 0 Å². The molecule has 1 amide bonds. The van der Waals surface area contributed by atoms with Gasteiger partial charge in [-0.15, -0.1) is 0 Å². The highest BCUT2D eigenvalue weighted by molar-refractivity contribution is 5.90. The number of hydrogen-bond acceptors (Lipinski definition) is 5. The number of carbonyl (C=O) groups excluding carboxylic acids is 1. The average molecular weight is 496 g/mol. The van der Waals surface area contributed by atoms with Gasteiger partial charge in [0.1, 0.15) is 5.69 Å². The highest BCUT2D eigenvalue weighted by Crippen LogP contribution is 2.34. The molecule has 0 saturated heterocycles. The van der Waals surface area contributed by atoms with E-state index in [4.69, 9.17) is 9.90 Å². The number of alkyl halides is 3. The Morgan fingerprint density at radius 1 is 1.11 bits per heavy atom. The summed E-state index contributed by atoms with van der Waals surface area (Å²) in [6.07, 6.45) is 6.02. The maximum Gasteiger partial charge on any atom is 0.490 e. The van der Waals surface area contributed by atoms with E-state index in [0.717, 1.165) is 54.5 Å². The molecule has 4 rings (SSSR count). The lowest BCUT2D eigenvalue weighted by molar-refractivity contribution is -0.192. The number of carboxylic acid groups (broad SMARTS) is 2. The minimum absolute atomic E-state index is 0.138. The summed E-state index contributed by atoms with van der Waals surface area (Å²) < 4.78 is 33.3. The monoisotopic (exact) mass is 496 g/mol. The zero-order valence-corrected chi connectivity index (χ0v) is 19.0. The van der Waals surface area contributed by atoms with Crippen LogP contribution in [-0.4, -0.2) is 55.5 Å². The number of amides is 1. The average Bonchev–Trinajstić information content (AvgIpc) is 3.21. The minimum atomic E-state index is -5.08. The third-order valence-corrected chi connectivity index (χ3v) is 6.12. The minimum Gasteiger partial charge on any atom is -0.477 e. The maximum absolute atomic E-state index is 12.2. The molecule has 12 heteroatoms. The number of aromatic carboxylic acids is 1. The molecule has 0 bridgehead atoms. The van der Waals surface area contributed by atoms with Gasteiger partial charge in [0.05, 0.1) is 5.69 Å². The van der Waals surface area contributed by atoms with E-state index in [1.807, 2.05) is 12.3 Å². The molecular formula is C23H27F3N4O5. The zero-order chi connectivity index (χ0) is 25.6. The molecule has 1 fully saturated rings. The van der Waals surface area contributed by atoms with Gasteiger partial charge in [-0.05, 0) is 43.7 Å². The van der Waals surface area contributed by atoms with Crippen molar-refractivity contribution in [3.8, 4) is 11.3 Å². The number of aromatic nitrogens is 3. The van der Waals surface area contributed by atoms with Gasteiger partial charge in [-0.2, -0.15) is 18.3 Å². The van der Waals surface area contributed by atoms with Gasteiger partial charge >= 0.3 is 18.1 Å². The molecule has 0 unspecified atom stereocenters. The normalized spacial score (nSPS) is 15.3. The Balaban J connectivity index is 0.000000429. The van der Waals surface area contributed by atoms with E-state index in [1.165, 1.54) is 6.42 Å². The number of carboxylic acids is 2. The van der Waals surface area contributed by atoms with Gasteiger partial charge < -0.3 is 15.5 Å². The van der Waals surface area contributed by atoms with Crippen LogP contribution in [0.4, 0.5) is 13.2 Å². The summed E-state index contributed by atoms with van der Waals surface area (Å²) in [5, 5.41) is 24.5. The lowest BCUT2D eigenvalue weighted by Crippen LogP contribution is -2.33. The first-order chi connectivity index (χ1) is 16.6. The molecule has 2 aliphatic rings. The van der Waals surface area contributed by atoms with Gasteiger partial charge in [-0.25, -0.2) is 9.59 Å². The second kappa shape index (κ2) is 11.3. The number of rotatable bonds is 6. The van der Waals surface area contributed by atoms with E-state index in [0.29, 0.717) is 25.9 Å². The number of nitrogens with one attached hydrogen (secondary N) is 1. The lowest BCUT2D eigenvalue weighted by atomic mass is 9.89. The van der Waals surface area contributed by atoms with E-state index in [-0.39, 0.29) is 17.5 Å². The first-order valence-corrected chi connectivity index (χ1v) is 11.4. The molecule has 0 radical (unpaired) electrons. The molecule has 35 heavy (non-hydrogen) atoms. The standard InChI is InChI=1S/C21H26N4O3.C2HF3O2/c26-20(14-5-2-1-3-6-14)23-10-4-12-25-19(21(27)28)17-8-7-15-13-22-11-9-16(15)18(17)24-25;3-2(4,5)1(6)7/h9,11,13-14H,1-8,10,12H2,(H,23,26)(H,27,28);(H,6,7). The van der Waals surface area contributed by atoms with Crippen LogP contribution in [0.1, 0.15) is 60.1 Å². The molecule has 2 aliphatic carbocycles. The van der Waals surface area contributed by atoms with Crippen molar-refractivity contribution in [1.82, 2.24) is 20.1 Å². The molecule has 0 spiro atoms. The fourth-order valence-corrected chi connectivity index (χ4v) is 4.42. The van der Waals surface area contributed by atoms with Crippen LogP contribution in [0.15, 0.2) is 18.5 Å². The molecule has 2 aromatic rings. The zero-order valence-electron chi connectivity index (χ0n) is 19.0. The predicted octanol–water partition coefficient (Wildman–Crippen LogP) is 3.46. The largest absolute Gasteiger partial charge is 0.490 e. The van der Waals surface area contributed by atoms with Crippen molar-refractivity contribution in [2.75, 3.05) is 6.54 Å². The SMILES string of the molecule is O=C(O)C(F)(F)F.O=C(O)c1c2c(nn1CCCNC(=O)C1CCCCC1)-c1ccncc1CC2. The van der Waals surface area contributed by atoms with E-state index in [1.54, 1.807) is 10.9 Å². The predicted molar refractivity (Wildman–Crippen MR) is 118 cm³/mol. The van der Waals surface area contributed by atoms with Crippen LogP contribution in [0.5, 0.6) is 0 Å². The first-order valence-electron chi connectivity index (χ1n) is 11.4. The van der Waals surface area contributed by atoms with Crippen LogP contribution in [0.25, 0.3) is 11.3 Å². The van der Waals surface area contributed by atoms with E-state index in [2.05, 4.69) is 15.4 Å². The summed E-state index contributed by atoms with van der Waals surface area (Å²) in [7, 11) is 0. The number of aryl methyl sites for hydroxylation is 2. The van der Waals surface area contributed by atoms with Crippen molar-refractivity contribution in [2.24, 2.45) is 5.92 Å². The number of fused-ring (bicyclic) bond motifs is 3. The van der Waals surface area contributed by atoms with Crippen molar-refractivity contribution >= 4 is 17.8 Å². The van der Waals surface area contributed by atoms with Gasteiger partial charge in [-0.1, -0.05) is 19.3 Å². The second-order valence-corrected chi connectivity index (χ2v) is 8.52. The van der Waals surface area contributed by atoms with E-state index < -0.39 is 18.1 Å². The number of pyridine rings is 1. The highest BCUT2D eigenvalue weighted by Gasteiger charge is 2.38. The van der Waals surface area contributed by atoms with Crippen LogP contribution in [0.3, 0.4) is 0 Å². The summed E-state index contributed by atoms with van der Waals surface area (Å²) in [4.78, 5) is 37.2. The summed E-state index contributed by atoms with van der Waals surface area (Å²) in [5.41, 5.74) is 3.92. The Labute approximate surface area is 199 Å². The molecular weight excluding hydrogens is 469 g/mol. The Kier molecular flexibility index (Phi) is 8.47. The number of nitrogens with zero attached hydrogens (tertiary/aromatic N) is 3. The van der Waals surface area contributed by atoms with Gasteiger partial charge in [0.2, 0.25) is 5.91 Å². The number of aliphatic carboxylic acids is 1. The van der Waals surface area contributed by atoms with E-state index in [9.17, 15) is 27.9 Å². The molecule has 2 aromatic heterocycles. The quantitative estimate of drug-likeness (QED) is 0.522. The molecule has 9 nitrogen and oxygen atoms in total. The molecule has 190 valence electrons. The summed E-state index contributed by atoms with van der Waals surface area (Å²) in [6.45, 7) is 1.01. The Hall–Kier alpha value is -3.44. The third kappa shape index (κ3) is 6.58. The summed E-state index contributed by atoms with van der Waals surface area (Å²) in [6, 6.07) is 1.90. The van der Waals surface area contributed by atoms with Crippen molar-refractivity contribution < 1.29 is 37.8 Å². The number of halogens is 3. The fraction of sp³-hybridized carbons (Fsp3) is 0.522. The summed E-state index contributed by atoms with van der Waals surface area (Å²) in [5.74, 6) is -3.42. The molecule has 2 heterocycles. The van der Waals surface area contributed by atoms with Gasteiger partial charge in [0.15, 0.2) is 0 Å². The van der Waals surface area contributed by atoms with Gasteiger partial charge in [0, 0.05) is 42.5 Å². The molecule has 3 N–H and O–H groups in total. The Bertz CT molecular complexity index is 1080. The third-order valence-electron chi connectivity index (χ3n) is 6.12. The summed E-state index contributed by atoms with van der Waals surface area (Å²) >= 11 is 0. The van der Waals surface area contributed by atoms with Crippen LogP contribution in [0, 0.1) is 5.92 Å². The van der Waals surface area contributed by atoms with Crippen LogP contribution < -0.4 is 5.32 Å². The number of hydrogen-bond donors (Lipinski definition) is 3. The first kappa shape index (κ1) is 26.2.